The van der Waals surface area contributed by atoms with Gasteiger partial charge in [-0.2, -0.15) is 0 Å². The van der Waals surface area contributed by atoms with Gasteiger partial charge in [0.1, 0.15) is 5.75 Å². The zero-order valence-corrected chi connectivity index (χ0v) is 12.3. The smallest absolute Gasteiger partial charge is 0.142 e. The highest BCUT2D eigenvalue weighted by Gasteiger charge is 2.21. The molecule has 0 amide bonds. The molecule has 1 aromatic carbocycles. The lowest BCUT2D eigenvalue weighted by Crippen LogP contribution is -2.22. The zero-order chi connectivity index (χ0) is 13.9. The second-order valence-corrected chi connectivity index (χ2v) is 6.20. The van der Waals surface area contributed by atoms with E-state index in [1.54, 1.807) is 13.8 Å². The fraction of sp³-hybridized carbons (Fsp3) is 0.600. The number of halogens is 1. The highest BCUT2D eigenvalue weighted by atomic mass is 35.5. The van der Waals surface area contributed by atoms with Crippen molar-refractivity contribution in [1.82, 2.24) is 5.32 Å². The average Bonchev–Trinajstić information content (AvgIpc) is 3.11. The Morgan fingerprint density at radius 1 is 1.42 bits per heavy atom. The Kier molecular flexibility index (Phi) is 4.71. The van der Waals surface area contributed by atoms with Crippen LogP contribution in [0.25, 0.3) is 0 Å². The van der Waals surface area contributed by atoms with Crippen molar-refractivity contribution in [3.8, 4) is 5.75 Å². The third-order valence-electron chi connectivity index (χ3n) is 3.17. The van der Waals surface area contributed by atoms with Gasteiger partial charge in [-0.3, -0.25) is 0 Å². The van der Waals surface area contributed by atoms with Gasteiger partial charge in [-0.15, -0.1) is 0 Å². The number of aliphatic hydroxyl groups is 1. The minimum Gasteiger partial charge on any atom is -0.492 e. The van der Waals surface area contributed by atoms with Crippen LogP contribution in [0.2, 0.25) is 5.02 Å². The summed E-state index contributed by atoms with van der Waals surface area (Å²) in [6.07, 6.45) is 3.10. The van der Waals surface area contributed by atoms with Crippen LogP contribution in [-0.4, -0.2) is 23.4 Å². The van der Waals surface area contributed by atoms with Crippen molar-refractivity contribution in [2.45, 2.75) is 51.3 Å². The van der Waals surface area contributed by atoms with E-state index in [0.717, 1.165) is 17.9 Å². The highest BCUT2D eigenvalue weighted by molar-refractivity contribution is 6.32. The van der Waals surface area contributed by atoms with Gasteiger partial charge in [-0.1, -0.05) is 23.7 Å². The van der Waals surface area contributed by atoms with Gasteiger partial charge in [0.2, 0.25) is 0 Å². The Hall–Kier alpha value is -0.770. The third kappa shape index (κ3) is 5.01. The molecule has 0 bridgehead atoms. The summed E-state index contributed by atoms with van der Waals surface area (Å²) in [4.78, 5) is 0. The largest absolute Gasteiger partial charge is 0.492 e. The van der Waals surface area contributed by atoms with E-state index in [9.17, 15) is 5.11 Å². The van der Waals surface area contributed by atoms with Crippen LogP contribution in [0.1, 0.15) is 38.7 Å². The van der Waals surface area contributed by atoms with Crippen molar-refractivity contribution in [2.75, 3.05) is 6.61 Å². The normalized spacial score (nSPS) is 15.6. The molecule has 0 heterocycles. The molecule has 1 aliphatic carbocycles. The van der Waals surface area contributed by atoms with Gasteiger partial charge in [0.25, 0.3) is 0 Å². The number of rotatable bonds is 7. The summed E-state index contributed by atoms with van der Waals surface area (Å²) in [6.45, 7) is 4.80. The molecule has 1 saturated carbocycles. The number of para-hydroxylation sites is 1. The topological polar surface area (TPSA) is 41.5 Å². The van der Waals surface area contributed by atoms with Gasteiger partial charge in [0.15, 0.2) is 0 Å². The Labute approximate surface area is 119 Å². The highest BCUT2D eigenvalue weighted by Crippen LogP contribution is 2.30. The number of hydrogen-bond donors (Lipinski definition) is 2. The summed E-state index contributed by atoms with van der Waals surface area (Å²) >= 11 is 6.20. The molecule has 19 heavy (non-hydrogen) atoms. The minimum atomic E-state index is -0.715. The van der Waals surface area contributed by atoms with E-state index < -0.39 is 5.60 Å². The summed E-state index contributed by atoms with van der Waals surface area (Å²) in [6, 6.07) is 6.46. The van der Waals surface area contributed by atoms with Crippen LogP contribution >= 0.6 is 11.6 Å². The van der Waals surface area contributed by atoms with Crippen molar-refractivity contribution in [2.24, 2.45) is 0 Å². The molecule has 0 spiro atoms. The maximum Gasteiger partial charge on any atom is 0.142 e. The predicted octanol–water partition coefficient (Wildman–Crippen LogP) is 3.13. The second kappa shape index (κ2) is 6.12. The maximum absolute atomic E-state index is 9.69. The fourth-order valence-electron chi connectivity index (χ4n) is 1.80. The molecule has 0 unspecified atom stereocenters. The van der Waals surface area contributed by atoms with Crippen molar-refractivity contribution >= 4 is 11.6 Å². The van der Waals surface area contributed by atoms with E-state index in [2.05, 4.69) is 5.32 Å². The fourth-order valence-corrected chi connectivity index (χ4v) is 2.05. The first-order valence-electron chi connectivity index (χ1n) is 6.82. The minimum absolute atomic E-state index is 0.462. The molecule has 3 nitrogen and oxygen atoms in total. The molecule has 1 aliphatic rings. The first-order valence-corrected chi connectivity index (χ1v) is 7.19. The van der Waals surface area contributed by atoms with E-state index >= 15 is 0 Å². The van der Waals surface area contributed by atoms with Crippen molar-refractivity contribution in [3.63, 3.8) is 0 Å². The van der Waals surface area contributed by atoms with E-state index in [1.807, 2.05) is 18.2 Å². The van der Waals surface area contributed by atoms with Crippen LogP contribution in [0.15, 0.2) is 18.2 Å². The van der Waals surface area contributed by atoms with Crippen molar-refractivity contribution < 1.29 is 9.84 Å². The maximum atomic E-state index is 9.69. The van der Waals surface area contributed by atoms with Crippen LogP contribution in [0.5, 0.6) is 5.75 Å². The summed E-state index contributed by atoms with van der Waals surface area (Å²) in [5.74, 6) is 0.738. The first-order chi connectivity index (χ1) is 8.96. The molecule has 2 rings (SSSR count). The molecule has 0 saturated heterocycles. The lowest BCUT2D eigenvalue weighted by Gasteiger charge is -2.19. The molecule has 0 atom stereocenters. The van der Waals surface area contributed by atoms with E-state index in [1.165, 1.54) is 12.8 Å². The van der Waals surface area contributed by atoms with Crippen LogP contribution in [0, 0.1) is 0 Å². The molecule has 1 aromatic rings. The number of nitrogens with one attached hydrogen (secondary N) is 1. The zero-order valence-electron chi connectivity index (χ0n) is 11.6. The Balaban J connectivity index is 1.95. The third-order valence-corrected chi connectivity index (χ3v) is 3.46. The van der Waals surface area contributed by atoms with Gasteiger partial charge >= 0.3 is 0 Å². The molecule has 4 heteroatoms. The number of ether oxygens (including phenoxy) is 1. The predicted molar refractivity (Wildman–Crippen MR) is 77.7 cm³/mol. The number of hydrogen-bond acceptors (Lipinski definition) is 3. The quantitative estimate of drug-likeness (QED) is 0.808. The Bertz CT molecular complexity index is 425. The summed E-state index contributed by atoms with van der Waals surface area (Å²) in [5.41, 5.74) is 0.364. The molecule has 106 valence electrons. The molecular formula is C15H22ClNO2. The standard InChI is InChI=1S/C15H22ClNO2/c1-15(2,18)8-9-19-14-11(4-3-5-13(14)16)10-17-12-6-7-12/h3-5,12,17-18H,6-10H2,1-2H3. The van der Waals surface area contributed by atoms with E-state index in [4.69, 9.17) is 16.3 Å². The summed E-state index contributed by atoms with van der Waals surface area (Å²) < 4.78 is 5.76. The Morgan fingerprint density at radius 2 is 2.16 bits per heavy atom. The summed E-state index contributed by atoms with van der Waals surface area (Å²) in [7, 11) is 0. The van der Waals surface area contributed by atoms with Gasteiger partial charge < -0.3 is 15.2 Å². The Morgan fingerprint density at radius 3 is 2.79 bits per heavy atom. The molecule has 0 radical (unpaired) electrons. The van der Waals surface area contributed by atoms with E-state index in [-0.39, 0.29) is 0 Å². The van der Waals surface area contributed by atoms with Crippen LogP contribution in [0.4, 0.5) is 0 Å². The molecule has 2 N–H and O–H groups in total. The summed E-state index contributed by atoms with van der Waals surface area (Å²) in [5, 5.41) is 13.8. The SMILES string of the molecule is CC(C)(O)CCOc1c(Cl)cccc1CNC1CC1. The van der Waals surface area contributed by atoms with Crippen LogP contribution < -0.4 is 10.1 Å². The number of benzene rings is 1. The van der Waals surface area contributed by atoms with Gasteiger partial charge in [-0.25, -0.2) is 0 Å². The van der Waals surface area contributed by atoms with Crippen molar-refractivity contribution in [3.05, 3.63) is 28.8 Å². The molecule has 0 aromatic heterocycles. The lowest BCUT2D eigenvalue weighted by atomic mass is 10.1. The molecule has 1 fully saturated rings. The lowest BCUT2D eigenvalue weighted by molar-refractivity contribution is 0.0552. The van der Waals surface area contributed by atoms with Gasteiger partial charge in [-0.05, 0) is 32.8 Å². The van der Waals surface area contributed by atoms with Crippen molar-refractivity contribution in [1.29, 1.82) is 0 Å². The van der Waals surface area contributed by atoms with Crippen LogP contribution in [0.3, 0.4) is 0 Å². The van der Waals surface area contributed by atoms with Gasteiger partial charge in [0.05, 0.1) is 17.2 Å². The molecule has 0 aliphatic heterocycles. The van der Waals surface area contributed by atoms with E-state index in [0.29, 0.717) is 24.1 Å². The average molecular weight is 284 g/mol. The van der Waals surface area contributed by atoms with Crippen LogP contribution in [-0.2, 0) is 6.54 Å². The molecular weight excluding hydrogens is 262 g/mol. The first kappa shape index (κ1) is 14.6. The monoisotopic (exact) mass is 283 g/mol. The van der Waals surface area contributed by atoms with Gasteiger partial charge in [0, 0.05) is 24.6 Å². The second-order valence-electron chi connectivity index (χ2n) is 5.79.